The van der Waals surface area contributed by atoms with Gasteiger partial charge in [-0.2, -0.15) is 0 Å². The van der Waals surface area contributed by atoms with Crippen LogP contribution in [0.1, 0.15) is 50.4 Å². The SMILES string of the molecule is COc1cccc(OC)c1-n1c(NS(=O)(=O)C(C)C(OC)c2ncc(Cl)cn2)nnc1[C@@H]1CC[C@H]1C. The van der Waals surface area contributed by atoms with Gasteiger partial charge in [-0.3, -0.25) is 9.29 Å². The fourth-order valence-corrected chi connectivity index (χ4v) is 5.51. The highest BCUT2D eigenvalue weighted by molar-refractivity contribution is 7.93. The van der Waals surface area contributed by atoms with Crippen LogP contribution in [0.5, 0.6) is 11.5 Å². The van der Waals surface area contributed by atoms with E-state index in [4.69, 9.17) is 25.8 Å². The van der Waals surface area contributed by atoms with Crippen molar-refractivity contribution in [3.05, 3.63) is 47.3 Å². The maximum absolute atomic E-state index is 13.5. The molecule has 4 atom stereocenters. The molecule has 0 spiro atoms. The van der Waals surface area contributed by atoms with E-state index in [0.29, 0.717) is 34.0 Å². The van der Waals surface area contributed by atoms with Crippen LogP contribution in [0.4, 0.5) is 5.95 Å². The first-order valence-electron chi connectivity index (χ1n) is 11.4. The van der Waals surface area contributed by atoms with E-state index in [0.717, 1.165) is 12.8 Å². The topological polar surface area (TPSA) is 130 Å². The number of hydrogen-bond acceptors (Lipinski definition) is 9. The lowest BCUT2D eigenvalue weighted by Gasteiger charge is -2.33. The molecule has 13 heteroatoms. The maximum Gasteiger partial charge on any atom is 0.243 e. The molecule has 0 aliphatic heterocycles. The van der Waals surface area contributed by atoms with Crippen molar-refractivity contribution in [3.63, 3.8) is 0 Å². The number of halogens is 1. The van der Waals surface area contributed by atoms with E-state index in [2.05, 4.69) is 31.8 Å². The van der Waals surface area contributed by atoms with Crippen molar-refractivity contribution in [2.45, 2.75) is 44.0 Å². The first-order valence-corrected chi connectivity index (χ1v) is 13.3. The summed E-state index contributed by atoms with van der Waals surface area (Å²) < 4.78 is 48.0. The highest BCUT2D eigenvalue weighted by Gasteiger charge is 2.38. The summed E-state index contributed by atoms with van der Waals surface area (Å²) in [5.41, 5.74) is 0.510. The smallest absolute Gasteiger partial charge is 0.243 e. The minimum Gasteiger partial charge on any atom is -0.494 e. The van der Waals surface area contributed by atoms with E-state index < -0.39 is 21.4 Å². The molecule has 4 rings (SSSR count). The second-order valence-electron chi connectivity index (χ2n) is 8.66. The highest BCUT2D eigenvalue weighted by atomic mass is 35.5. The van der Waals surface area contributed by atoms with Gasteiger partial charge in [-0.15, -0.1) is 10.2 Å². The minimum absolute atomic E-state index is 0.0191. The Balaban J connectivity index is 1.78. The zero-order valence-corrected chi connectivity index (χ0v) is 22.2. The predicted molar refractivity (Wildman–Crippen MR) is 134 cm³/mol. The van der Waals surface area contributed by atoms with Gasteiger partial charge in [0.15, 0.2) is 5.82 Å². The number of benzene rings is 1. The molecule has 1 saturated carbocycles. The molecule has 3 aromatic rings. The largest absolute Gasteiger partial charge is 0.494 e. The van der Waals surface area contributed by atoms with E-state index in [1.165, 1.54) is 40.6 Å². The molecule has 2 aromatic heterocycles. The van der Waals surface area contributed by atoms with Crippen molar-refractivity contribution < 1.29 is 22.6 Å². The molecular weight excluding hydrogens is 508 g/mol. The van der Waals surface area contributed by atoms with Crippen LogP contribution >= 0.6 is 11.6 Å². The summed E-state index contributed by atoms with van der Waals surface area (Å²) in [6, 6.07) is 5.33. The van der Waals surface area contributed by atoms with E-state index in [1.54, 1.807) is 22.8 Å². The lowest BCUT2D eigenvalue weighted by Crippen LogP contribution is -2.33. The van der Waals surface area contributed by atoms with Gasteiger partial charge in [-0.1, -0.05) is 24.6 Å². The first-order chi connectivity index (χ1) is 17.2. The third-order valence-electron chi connectivity index (χ3n) is 6.56. The molecule has 0 bridgehead atoms. The molecule has 1 aromatic carbocycles. The van der Waals surface area contributed by atoms with Gasteiger partial charge in [0.2, 0.25) is 16.0 Å². The number of aromatic nitrogens is 5. The van der Waals surface area contributed by atoms with Gasteiger partial charge in [0.25, 0.3) is 0 Å². The van der Waals surface area contributed by atoms with Crippen LogP contribution in [0.3, 0.4) is 0 Å². The molecule has 2 heterocycles. The Morgan fingerprint density at radius 3 is 2.22 bits per heavy atom. The normalized spacial score (nSPS) is 19.3. The number of methoxy groups -OCH3 is 3. The lowest BCUT2D eigenvalue weighted by molar-refractivity contribution is 0.0950. The number of nitrogens with one attached hydrogen (secondary N) is 1. The van der Waals surface area contributed by atoms with E-state index in [9.17, 15) is 8.42 Å². The molecule has 1 N–H and O–H groups in total. The minimum atomic E-state index is -4.06. The van der Waals surface area contributed by atoms with Crippen LogP contribution < -0.4 is 14.2 Å². The average molecular weight is 537 g/mol. The number of ether oxygens (including phenoxy) is 3. The van der Waals surface area contributed by atoms with Crippen LogP contribution in [-0.4, -0.2) is 59.7 Å². The summed E-state index contributed by atoms with van der Waals surface area (Å²) in [6.07, 6.45) is 3.79. The van der Waals surface area contributed by atoms with Crippen molar-refractivity contribution in [2.24, 2.45) is 5.92 Å². The number of rotatable bonds is 10. The standard InChI is InChI=1S/C23H29ClN6O5S/c1-13-9-10-16(13)22-27-28-23(30(22)19-17(33-3)7-6-8-18(19)34-4)29-36(31,32)14(2)20(35-5)21-25-11-15(24)12-26-21/h6-8,11-14,16,20H,9-10H2,1-5H3,(H,28,29)/t13-,14?,16-,20?/m1/s1. The average Bonchev–Trinajstić information content (AvgIpc) is 3.24. The summed E-state index contributed by atoms with van der Waals surface area (Å²) in [5.74, 6) is 2.29. The van der Waals surface area contributed by atoms with E-state index in [1.807, 2.05) is 0 Å². The van der Waals surface area contributed by atoms with Gasteiger partial charge >= 0.3 is 0 Å². The number of sulfonamides is 1. The van der Waals surface area contributed by atoms with Crippen LogP contribution in [-0.2, 0) is 14.8 Å². The molecule has 1 aliphatic rings. The van der Waals surface area contributed by atoms with Gasteiger partial charge < -0.3 is 14.2 Å². The Labute approximate surface area is 215 Å². The number of anilines is 1. The van der Waals surface area contributed by atoms with Crippen molar-refractivity contribution in [3.8, 4) is 17.2 Å². The monoisotopic (exact) mass is 536 g/mol. The first kappa shape index (κ1) is 26.1. The number of hydrogen-bond donors (Lipinski definition) is 1. The Kier molecular flexibility index (Phi) is 7.67. The van der Waals surface area contributed by atoms with Crippen molar-refractivity contribution in [1.29, 1.82) is 0 Å². The summed E-state index contributed by atoms with van der Waals surface area (Å²) in [4.78, 5) is 8.26. The molecule has 0 radical (unpaired) electrons. The second-order valence-corrected chi connectivity index (χ2v) is 11.1. The van der Waals surface area contributed by atoms with Gasteiger partial charge in [0, 0.05) is 25.4 Å². The predicted octanol–water partition coefficient (Wildman–Crippen LogP) is 3.76. The summed E-state index contributed by atoms with van der Waals surface area (Å²) in [6.45, 7) is 3.64. The molecule has 194 valence electrons. The zero-order chi connectivity index (χ0) is 26.0. The van der Waals surface area contributed by atoms with Gasteiger partial charge in [0.05, 0.1) is 19.2 Å². The highest BCUT2D eigenvalue weighted by Crippen LogP contribution is 2.45. The van der Waals surface area contributed by atoms with Crippen LogP contribution in [0.15, 0.2) is 30.6 Å². The zero-order valence-electron chi connectivity index (χ0n) is 20.7. The fourth-order valence-electron chi connectivity index (χ4n) is 4.28. The van der Waals surface area contributed by atoms with Gasteiger partial charge in [-0.05, 0) is 37.8 Å². The maximum atomic E-state index is 13.5. The quantitative estimate of drug-likeness (QED) is 0.411. The molecule has 1 fully saturated rings. The third kappa shape index (κ3) is 4.84. The number of nitrogens with zero attached hydrogens (tertiary/aromatic N) is 5. The third-order valence-corrected chi connectivity index (χ3v) is 8.45. The van der Waals surface area contributed by atoms with Crippen LogP contribution in [0.25, 0.3) is 5.69 Å². The molecule has 2 unspecified atom stereocenters. The lowest BCUT2D eigenvalue weighted by atomic mass is 9.74. The van der Waals surface area contributed by atoms with Crippen molar-refractivity contribution in [2.75, 3.05) is 26.1 Å². The van der Waals surface area contributed by atoms with E-state index in [-0.39, 0.29) is 17.7 Å². The van der Waals surface area contributed by atoms with E-state index >= 15 is 0 Å². The summed E-state index contributed by atoms with van der Waals surface area (Å²) >= 11 is 5.88. The molecule has 0 saturated heterocycles. The van der Waals surface area contributed by atoms with Crippen molar-refractivity contribution >= 4 is 27.6 Å². The van der Waals surface area contributed by atoms with Crippen molar-refractivity contribution in [1.82, 2.24) is 24.7 Å². The van der Waals surface area contributed by atoms with Crippen LogP contribution in [0.2, 0.25) is 5.02 Å². The molecule has 0 amide bonds. The Morgan fingerprint density at radius 2 is 1.72 bits per heavy atom. The fraction of sp³-hybridized carbons (Fsp3) is 0.478. The molecular formula is C23H29ClN6O5S. The Hall–Kier alpha value is -2.96. The Bertz CT molecular complexity index is 1290. The van der Waals surface area contributed by atoms with Gasteiger partial charge in [-0.25, -0.2) is 18.4 Å². The molecule has 11 nitrogen and oxygen atoms in total. The summed E-state index contributed by atoms with van der Waals surface area (Å²) in [7, 11) is 0.410. The summed E-state index contributed by atoms with van der Waals surface area (Å²) in [5, 5.41) is 7.88. The Morgan fingerprint density at radius 1 is 1.08 bits per heavy atom. The molecule has 1 aliphatic carbocycles. The second kappa shape index (κ2) is 10.6. The van der Waals surface area contributed by atoms with Crippen LogP contribution in [0, 0.1) is 5.92 Å². The van der Waals surface area contributed by atoms with Gasteiger partial charge in [0.1, 0.15) is 34.4 Å². The number of para-hydroxylation sites is 1. The molecule has 36 heavy (non-hydrogen) atoms.